The fourth-order valence-corrected chi connectivity index (χ4v) is 4.69. The number of amides is 3. The predicted octanol–water partition coefficient (Wildman–Crippen LogP) is 6.45. The van der Waals surface area contributed by atoms with E-state index in [0.717, 1.165) is 11.1 Å². The Bertz CT molecular complexity index is 1410. The Morgan fingerprint density at radius 1 is 0.857 bits per heavy atom. The van der Waals surface area contributed by atoms with Crippen LogP contribution in [0.2, 0.25) is 0 Å². The first-order valence-electron chi connectivity index (χ1n) is 14.1. The molecule has 0 bridgehead atoms. The summed E-state index contributed by atoms with van der Waals surface area (Å²) in [7, 11) is 0. The SMILES string of the molecule is Cc1cc(C(C(=O)Nc2ccccc2C)N(C(=O)C(Cc2ccccc2)NC(=O)OC(C)(C)C)C(C)(C)C)ccc1O. The molecule has 0 heterocycles. The highest BCUT2D eigenvalue weighted by molar-refractivity contribution is 5.99. The molecule has 3 aromatic carbocycles. The lowest BCUT2D eigenvalue weighted by molar-refractivity contribution is -0.146. The van der Waals surface area contributed by atoms with Crippen molar-refractivity contribution in [1.82, 2.24) is 10.2 Å². The van der Waals surface area contributed by atoms with Crippen LogP contribution in [-0.4, -0.2) is 45.1 Å². The maximum atomic E-state index is 14.6. The van der Waals surface area contributed by atoms with Crippen LogP contribution in [0, 0.1) is 13.8 Å². The molecule has 3 aromatic rings. The fourth-order valence-electron chi connectivity index (χ4n) is 4.69. The Morgan fingerprint density at radius 3 is 2.05 bits per heavy atom. The number of hydrogen-bond donors (Lipinski definition) is 3. The van der Waals surface area contributed by atoms with E-state index in [0.29, 0.717) is 16.8 Å². The molecule has 8 heteroatoms. The van der Waals surface area contributed by atoms with Gasteiger partial charge in [0, 0.05) is 17.6 Å². The molecule has 3 amide bonds. The van der Waals surface area contributed by atoms with Crippen molar-refractivity contribution in [3.63, 3.8) is 0 Å². The molecular formula is C34H43N3O5. The van der Waals surface area contributed by atoms with Gasteiger partial charge in [-0.3, -0.25) is 9.59 Å². The number of rotatable bonds is 8. The van der Waals surface area contributed by atoms with E-state index in [-0.39, 0.29) is 12.2 Å². The smallest absolute Gasteiger partial charge is 0.408 e. The Kier molecular flexibility index (Phi) is 10.0. The number of aromatic hydroxyl groups is 1. The second-order valence-electron chi connectivity index (χ2n) is 12.5. The maximum absolute atomic E-state index is 14.6. The van der Waals surface area contributed by atoms with Gasteiger partial charge < -0.3 is 25.4 Å². The third-order valence-corrected chi connectivity index (χ3v) is 6.68. The summed E-state index contributed by atoms with van der Waals surface area (Å²) in [6.07, 6.45) is -0.543. The van der Waals surface area contributed by atoms with Gasteiger partial charge in [-0.1, -0.05) is 54.6 Å². The molecule has 0 saturated heterocycles. The second kappa shape index (κ2) is 13.1. The highest BCUT2D eigenvalue weighted by Gasteiger charge is 2.42. The van der Waals surface area contributed by atoms with Crippen LogP contribution in [0.5, 0.6) is 5.75 Å². The number of ether oxygens (including phenoxy) is 1. The van der Waals surface area contributed by atoms with Gasteiger partial charge in [0.2, 0.25) is 5.91 Å². The van der Waals surface area contributed by atoms with Crippen LogP contribution in [-0.2, 0) is 20.7 Å². The summed E-state index contributed by atoms with van der Waals surface area (Å²) in [5, 5.41) is 16.0. The molecule has 8 nitrogen and oxygen atoms in total. The van der Waals surface area contributed by atoms with E-state index in [1.807, 2.05) is 76.2 Å². The first kappa shape index (κ1) is 32.2. The number of nitrogens with one attached hydrogen (secondary N) is 2. The van der Waals surface area contributed by atoms with Crippen LogP contribution >= 0.6 is 0 Å². The zero-order valence-corrected chi connectivity index (χ0v) is 25.8. The van der Waals surface area contributed by atoms with Crippen molar-refractivity contribution in [1.29, 1.82) is 0 Å². The van der Waals surface area contributed by atoms with Crippen LogP contribution in [0.15, 0.2) is 72.8 Å². The predicted molar refractivity (Wildman–Crippen MR) is 165 cm³/mol. The van der Waals surface area contributed by atoms with Gasteiger partial charge in [0.1, 0.15) is 23.4 Å². The minimum Gasteiger partial charge on any atom is -0.508 e. The van der Waals surface area contributed by atoms with Gasteiger partial charge >= 0.3 is 6.09 Å². The molecule has 0 spiro atoms. The normalized spacial score (nSPS) is 13.0. The molecule has 0 aromatic heterocycles. The van der Waals surface area contributed by atoms with Gasteiger partial charge in [-0.25, -0.2) is 4.79 Å². The van der Waals surface area contributed by atoms with Gasteiger partial charge in [0.05, 0.1) is 0 Å². The Morgan fingerprint density at radius 2 is 1.48 bits per heavy atom. The minimum absolute atomic E-state index is 0.0824. The summed E-state index contributed by atoms with van der Waals surface area (Å²) in [4.78, 5) is 43.2. The first-order chi connectivity index (χ1) is 19.6. The van der Waals surface area contributed by atoms with Gasteiger partial charge in [0.15, 0.2) is 0 Å². The molecule has 42 heavy (non-hydrogen) atoms. The summed E-state index contributed by atoms with van der Waals surface area (Å²) < 4.78 is 5.51. The molecule has 0 aliphatic rings. The van der Waals surface area contributed by atoms with Crippen molar-refractivity contribution >= 4 is 23.6 Å². The number of carbonyl (C=O) groups is 3. The van der Waals surface area contributed by atoms with E-state index < -0.39 is 41.1 Å². The third kappa shape index (κ3) is 8.59. The van der Waals surface area contributed by atoms with Gasteiger partial charge in [-0.15, -0.1) is 0 Å². The zero-order chi connectivity index (χ0) is 31.2. The van der Waals surface area contributed by atoms with Gasteiger partial charge in [-0.2, -0.15) is 0 Å². The van der Waals surface area contributed by atoms with E-state index in [4.69, 9.17) is 4.74 Å². The van der Waals surface area contributed by atoms with Crippen molar-refractivity contribution in [3.05, 3.63) is 95.1 Å². The number of benzene rings is 3. The lowest BCUT2D eigenvalue weighted by Crippen LogP contribution is -2.58. The van der Waals surface area contributed by atoms with Crippen LogP contribution in [0.25, 0.3) is 0 Å². The Balaban J connectivity index is 2.13. The summed E-state index contributed by atoms with van der Waals surface area (Å²) >= 11 is 0. The van der Waals surface area contributed by atoms with E-state index in [9.17, 15) is 19.5 Å². The van der Waals surface area contributed by atoms with Gasteiger partial charge in [-0.05, 0) is 95.8 Å². The molecule has 224 valence electrons. The Labute approximate surface area is 249 Å². The van der Waals surface area contributed by atoms with Crippen LogP contribution in [0.1, 0.15) is 69.8 Å². The highest BCUT2D eigenvalue weighted by Crippen LogP contribution is 2.33. The molecule has 0 fully saturated rings. The van der Waals surface area contributed by atoms with E-state index in [2.05, 4.69) is 10.6 Å². The fraction of sp³-hybridized carbons (Fsp3) is 0.382. The van der Waals surface area contributed by atoms with E-state index in [1.54, 1.807) is 45.9 Å². The summed E-state index contributed by atoms with van der Waals surface area (Å²) in [6, 6.07) is 19.5. The average Bonchev–Trinajstić information content (AvgIpc) is 2.88. The number of anilines is 1. The zero-order valence-electron chi connectivity index (χ0n) is 25.8. The lowest BCUT2D eigenvalue weighted by atomic mass is 9.93. The van der Waals surface area contributed by atoms with E-state index >= 15 is 0 Å². The third-order valence-electron chi connectivity index (χ3n) is 6.68. The van der Waals surface area contributed by atoms with Crippen molar-refractivity contribution in [2.24, 2.45) is 0 Å². The largest absolute Gasteiger partial charge is 0.508 e. The molecule has 3 rings (SSSR count). The molecule has 2 unspecified atom stereocenters. The molecule has 0 radical (unpaired) electrons. The number of carbonyl (C=O) groups excluding carboxylic acids is 3. The van der Waals surface area contributed by atoms with Crippen molar-refractivity contribution in [2.45, 2.75) is 85.0 Å². The lowest BCUT2D eigenvalue weighted by Gasteiger charge is -2.43. The van der Waals surface area contributed by atoms with Crippen molar-refractivity contribution in [2.75, 3.05) is 5.32 Å². The molecule has 0 aliphatic carbocycles. The van der Waals surface area contributed by atoms with E-state index in [1.165, 1.54) is 11.0 Å². The number of alkyl carbamates (subject to hydrolysis) is 1. The molecule has 3 N–H and O–H groups in total. The maximum Gasteiger partial charge on any atom is 0.408 e. The number of hydrogen-bond acceptors (Lipinski definition) is 5. The van der Waals surface area contributed by atoms with Crippen LogP contribution in [0.3, 0.4) is 0 Å². The number of nitrogens with zero attached hydrogens (tertiary/aromatic N) is 1. The second-order valence-corrected chi connectivity index (χ2v) is 12.5. The van der Waals surface area contributed by atoms with Crippen LogP contribution < -0.4 is 10.6 Å². The summed E-state index contributed by atoms with van der Waals surface area (Å²) in [6.45, 7) is 14.4. The molecule has 0 saturated carbocycles. The number of para-hydroxylation sites is 1. The first-order valence-corrected chi connectivity index (χ1v) is 14.1. The molecular weight excluding hydrogens is 530 g/mol. The minimum atomic E-state index is -1.09. The Hall–Kier alpha value is -4.33. The quantitative estimate of drug-likeness (QED) is 0.287. The summed E-state index contributed by atoms with van der Waals surface area (Å²) in [5.74, 6) is -0.791. The summed E-state index contributed by atoms with van der Waals surface area (Å²) in [5.41, 5.74) is 1.79. The topological polar surface area (TPSA) is 108 Å². The van der Waals surface area contributed by atoms with Crippen molar-refractivity contribution < 1.29 is 24.2 Å². The standard InChI is InChI=1S/C34H43N3O5/c1-22-14-12-13-17-26(22)35-30(39)29(25-18-19-28(38)23(2)20-25)37(33(3,4)5)31(40)27(21-24-15-10-9-11-16-24)36-32(41)42-34(6,7)8/h9-20,27,29,38H,21H2,1-8H3,(H,35,39)(H,36,41). The van der Waals surface area contributed by atoms with Crippen LogP contribution in [0.4, 0.5) is 10.5 Å². The highest BCUT2D eigenvalue weighted by atomic mass is 16.6. The molecule has 2 atom stereocenters. The number of aryl methyl sites for hydroxylation is 2. The van der Waals surface area contributed by atoms with Crippen molar-refractivity contribution in [3.8, 4) is 5.75 Å². The number of phenolic OH excluding ortho intramolecular Hbond substituents is 1. The monoisotopic (exact) mass is 573 g/mol. The number of phenols is 1. The molecule has 0 aliphatic heterocycles. The van der Waals surface area contributed by atoms with Gasteiger partial charge in [0.25, 0.3) is 5.91 Å². The average molecular weight is 574 g/mol.